The Hall–Kier alpha value is -4.73. The van der Waals surface area contributed by atoms with Crippen LogP contribution in [-0.2, 0) is 11.3 Å². The summed E-state index contributed by atoms with van der Waals surface area (Å²) in [6, 6.07) is 17.2. The molecular formula is C23H18N6O4. The first-order valence-electron chi connectivity index (χ1n) is 10.1. The van der Waals surface area contributed by atoms with E-state index in [9.17, 15) is 9.59 Å². The lowest BCUT2D eigenvalue weighted by Gasteiger charge is -2.08. The van der Waals surface area contributed by atoms with E-state index in [0.29, 0.717) is 34.2 Å². The molecule has 0 spiro atoms. The molecule has 1 N–H and O–H groups in total. The van der Waals surface area contributed by atoms with Gasteiger partial charge in [-0.25, -0.2) is 9.78 Å². The van der Waals surface area contributed by atoms with E-state index < -0.39 is 5.76 Å². The van der Waals surface area contributed by atoms with Crippen LogP contribution < -0.4 is 15.8 Å². The van der Waals surface area contributed by atoms with Gasteiger partial charge in [0, 0.05) is 24.1 Å². The molecule has 0 aliphatic carbocycles. The van der Waals surface area contributed by atoms with Gasteiger partial charge in [0.1, 0.15) is 18.1 Å². The highest BCUT2D eigenvalue weighted by atomic mass is 16.5. The van der Waals surface area contributed by atoms with E-state index in [-0.39, 0.29) is 12.5 Å². The number of carbonyl (C=O) groups is 1. The number of imidazole rings is 1. The van der Waals surface area contributed by atoms with Crippen molar-refractivity contribution >= 4 is 22.7 Å². The van der Waals surface area contributed by atoms with Gasteiger partial charge in [0.2, 0.25) is 11.8 Å². The van der Waals surface area contributed by atoms with Crippen LogP contribution in [0.1, 0.15) is 5.82 Å². The lowest BCUT2D eigenvalue weighted by atomic mass is 10.3. The van der Waals surface area contributed by atoms with Crippen molar-refractivity contribution < 1.29 is 13.9 Å². The van der Waals surface area contributed by atoms with Gasteiger partial charge >= 0.3 is 5.76 Å². The molecule has 0 fully saturated rings. The second-order valence-electron chi connectivity index (χ2n) is 7.17. The molecule has 0 saturated heterocycles. The summed E-state index contributed by atoms with van der Waals surface area (Å²) in [5.74, 6) is 1.38. The van der Waals surface area contributed by atoms with Crippen LogP contribution in [0.4, 0.5) is 5.69 Å². The highest BCUT2D eigenvalue weighted by molar-refractivity contribution is 5.91. The molecule has 2 aromatic carbocycles. The maximum atomic E-state index is 12.4. The van der Waals surface area contributed by atoms with Crippen LogP contribution in [0.15, 0.2) is 82.3 Å². The first-order chi connectivity index (χ1) is 16.1. The summed E-state index contributed by atoms with van der Waals surface area (Å²) >= 11 is 0. The first kappa shape index (κ1) is 20.2. The molecule has 164 valence electrons. The molecule has 33 heavy (non-hydrogen) atoms. The molecule has 10 nitrogen and oxygen atoms in total. The monoisotopic (exact) mass is 442 g/mol. The number of hydrogen-bond donors (Lipinski definition) is 1. The summed E-state index contributed by atoms with van der Waals surface area (Å²) in [5, 5.41) is 11.0. The minimum absolute atomic E-state index is 0.160. The van der Waals surface area contributed by atoms with Gasteiger partial charge in [-0.2, -0.15) is 0 Å². The van der Waals surface area contributed by atoms with Crippen LogP contribution in [0.2, 0.25) is 0 Å². The normalized spacial score (nSPS) is 10.9. The van der Waals surface area contributed by atoms with Crippen molar-refractivity contribution in [2.45, 2.75) is 13.5 Å². The molecular weight excluding hydrogens is 424 g/mol. The van der Waals surface area contributed by atoms with Crippen molar-refractivity contribution in [1.82, 2.24) is 24.3 Å². The molecule has 0 aliphatic heterocycles. The highest BCUT2D eigenvalue weighted by Crippen LogP contribution is 2.22. The molecule has 0 unspecified atom stereocenters. The maximum absolute atomic E-state index is 12.4. The number of benzene rings is 2. The number of para-hydroxylation sites is 2. The predicted octanol–water partition coefficient (Wildman–Crippen LogP) is 3.31. The second-order valence-corrected chi connectivity index (χ2v) is 7.17. The molecule has 1 amide bonds. The number of oxazole rings is 1. The molecule has 0 radical (unpaired) electrons. The summed E-state index contributed by atoms with van der Waals surface area (Å²) in [4.78, 5) is 28.6. The Morgan fingerprint density at radius 1 is 1.06 bits per heavy atom. The van der Waals surface area contributed by atoms with Gasteiger partial charge in [0.25, 0.3) is 0 Å². The Kier molecular flexibility index (Phi) is 5.15. The number of fused-ring (bicyclic) bond motifs is 1. The SMILES string of the molecule is Cc1nccn1-c1ccc(Oc2ccc(NC(=O)Cn3c(=O)oc4ccccc43)cc2)nn1. The molecule has 0 saturated carbocycles. The van der Waals surface area contributed by atoms with E-state index in [1.165, 1.54) is 4.57 Å². The third-order valence-corrected chi connectivity index (χ3v) is 4.93. The van der Waals surface area contributed by atoms with E-state index in [1.807, 2.05) is 11.5 Å². The lowest BCUT2D eigenvalue weighted by Crippen LogP contribution is -2.24. The fraction of sp³-hybridized carbons (Fsp3) is 0.0870. The lowest BCUT2D eigenvalue weighted by molar-refractivity contribution is -0.116. The number of amides is 1. The zero-order chi connectivity index (χ0) is 22.8. The van der Waals surface area contributed by atoms with E-state index in [0.717, 1.165) is 5.82 Å². The maximum Gasteiger partial charge on any atom is 0.420 e. The van der Waals surface area contributed by atoms with Crippen LogP contribution in [0.25, 0.3) is 16.9 Å². The number of aryl methyl sites for hydroxylation is 1. The molecule has 0 bridgehead atoms. The van der Waals surface area contributed by atoms with Gasteiger partial charge in [0.15, 0.2) is 11.4 Å². The predicted molar refractivity (Wildman–Crippen MR) is 120 cm³/mol. The van der Waals surface area contributed by atoms with Gasteiger partial charge in [-0.05, 0) is 49.4 Å². The molecule has 0 atom stereocenters. The number of hydrogen-bond acceptors (Lipinski definition) is 7. The van der Waals surface area contributed by atoms with Crippen molar-refractivity contribution in [2.75, 3.05) is 5.32 Å². The van der Waals surface area contributed by atoms with Crippen LogP contribution in [-0.4, -0.2) is 30.2 Å². The zero-order valence-electron chi connectivity index (χ0n) is 17.5. The van der Waals surface area contributed by atoms with Crippen molar-refractivity contribution in [1.29, 1.82) is 0 Å². The van der Waals surface area contributed by atoms with Crippen molar-refractivity contribution in [3.63, 3.8) is 0 Å². The van der Waals surface area contributed by atoms with Gasteiger partial charge < -0.3 is 14.5 Å². The van der Waals surface area contributed by atoms with E-state index in [1.54, 1.807) is 73.1 Å². The Balaban J connectivity index is 1.22. The third kappa shape index (κ3) is 4.22. The smallest absolute Gasteiger partial charge is 0.420 e. The van der Waals surface area contributed by atoms with Gasteiger partial charge in [-0.1, -0.05) is 12.1 Å². The van der Waals surface area contributed by atoms with Crippen molar-refractivity contribution in [3.8, 4) is 17.4 Å². The zero-order valence-corrected chi connectivity index (χ0v) is 17.5. The van der Waals surface area contributed by atoms with Crippen molar-refractivity contribution in [2.24, 2.45) is 0 Å². The van der Waals surface area contributed by atoms with Crippen LogP contribution in [0.5, 0.6) is 11.6 Å². The molecule has 3 aromatic heterocycles. The Bertz CT molecular complexity index is 1480. The summed E-state index contributed by atoms with van der Waals surface area (Å²) < 4.78 is 14.0. The third-order valence-electron chi connectivity index (χ3n) is 4.93. The minimum atomic E-state index is -0.578. The highest BCUT2D eigenvalue weighted by Gasteiger charge is 2.12. The Labute approximate surface area is 187 Å². The number of rotatable bonds is 6. The summed E-state index contributed by atoms with van der Waals surface area (Å²) in [5.41, 5.74) is 1.56. The number of nitrogens with one attached hydrogen (secondary N) is 1. The summed E-state index contributed by atoms with van der Waals surface area (Å²) in [6.07, 6.45) is 3.50. The number of ether oxygens (including phenoxy) is 1. The van der Waals surface area contributed by atoms with Gasteiger partial charge in [-0.15, -0.1) is 10.2 Å². The number of aromatic nitrogens is 5. The molecule has 5 aromatic rings. The molecule has 10 heteroatoms. The summed E-state index contributed by atoms with van der Waals surface area (Å²) in [6.45, 7) is 1.72. The van der Waals surface area contributed by atoms with E-state index in [2.05, 4.69) is 20.5 Å². The number of anilines is 1. The standard InChI is InChI=1S/C23H18N6O4/c1-15-24-12-13-28(15)20-10-11-22(27-26-20)32-17-8-6-16(7-9-17)25-21(30)14-29-18-4-2-3-5-19(18)33-23(29)31/h2-13H,14H2,1H3,(H,25,30). The fourth-order valence-electron chi connectivity index (χ4n) is 3.35. The van der Waals surface area contributed by atoms with E-state index in [4.69, 9.17) is 9.15 Å². The average Bonchev–Trinajstić information content (AvgIpc) is 3.38. The first-order valence-corrected chi connectivity index (χ1v) is 10.1. The Morgan fingerprint density at radius 2 is 1.88 bits per heavy atom. The second kappa shape index (κ2) is 8.42. The minimum Gasteiger partial charge on any atom is -0.438 e. The van der Waals surface area contributed by atoms with Crippen LogP contribution in [0, 0.1) is 6.92 Å². The summed E-state index contributed by atoms with van der Waals surface area (Å²) in [7, 11) is 0. The fourth-order valence-corrected chi connectivity index (χ4v) is 3.35. The van der Waals surface area contributed by atoms with Gasteiger partial charge in [0.05, 0.1) is 5.52 Å². The molecule has 5 rings (SSSR count). The van der Waals surface area contributed by atoms with Crippen LogP contribution in [0.3, 0.4) is 0 Å². The van der Waals surface area contributed by atoms with Gasteiger partial charge in [-0.3, -0.25) is 13.9 Å². The average molecular weight is 442 g/mol. The quantitative estimate of drug-likeness (QED) is 0.429. The van der Waals surface area contributed by atoms with E-state index >= 15 is 0 Å². The topological polar surface area (TPSA) is 117 Å². The largest absolute Gasteiger partial charge is 0.438 e. The number of nitrogens with zero attached hydrogens (tertiary/aromatic N) is 5. The molecule has 3 heterocycles. The Morgan fingerprint density at radius 3 is 2.61 bits per heavy atom. The van der Waals surface area contributed by atoms with Crippen LogP contribution >= 0.6 is 0 Å². The van der Waals surface area contributed by atoms with Crippen molar-refractivity contribution in [3.05, 3.63) is 89.4 Å². The number of carbonyl (C=O) groups excluding carboxylic acids is 1. The molecule has 0 aliphatic rings.